The van der Waals surface area contributed by atoms with Gasteiger partial charge in [-0.25, -0.2) is 9.59 Å². The summed E-state index contributed by atoms with van der Waals surface area (Å²) in [5.74, 6) is -4.58. The molecule has 238 valence electrons. The van der Waals surface area contributed by atoms with Gasteiger partial charge in [-0.3, -0.25) is 9.59 Å². The van der Waals surface area contributed by atoms with E-state index in [0.717, 1.165) is 42.5 Å². The lowest BCUT2D eigenvalue weighted by Crippen LogP contribution is -2.16. The molecule has 2 amide bonds. The molecule has 0 fully saturated rings. The number of carboxylic acids is 2. The first-order valence-electron chi connectivity index (χ1n) is 13.2. The fourth-order valence-corrected chi connectivity index (χ4v) is 4.39. The van der Waals surface area contributed by atoms with Crippen molar-refractivity contribution in [2.45, 2.75) is 25.2 Å². The smallest absolute Gasteiger partial charge is 0.416 e. The maximum atomic E-state index is 13.0. The van der Waals surface area contributed by atoms with Crippen molar-refractivity contribution < 1.29 is 55.7 Å². The predicted molar refractivity (Wildman–Crippen MR) is 153 cm³/mol. The normalized spacial score (nSPS) is 11.5. The summed E-state index contributed by atoms with van der Waals surface area (Å²) in [6.45, 7) is 0. The van der Waals surface area contributed by atoms with Crippen LogP contribution < -0.4 is 10.6 Å². The summed E-state index contributed by atoms with van der Waals surface area (Å²) in [6.07, 6.45) is -8.86. The molecule has 0 spiro atoms. The van der Waals surface area contributed by atoms with Crippen LogP contribution >= 0.6 is 0 Å². The maximum absolute atomic E-state index is 13.0. The van der Waals surface area contributed by atoms with Gasteiger partial charge in [0.2, 0.25) is 0 Å². The van der Waals surface area contributed by atoms with Gasteiger partial charge in [0.1, 0.15) is 0 Å². The molecule has 0 atom stereocenters. The molecule has 46 heavy (non-hydrogen) atoms. The molecule has 0 aliphatic heterocycles. The average Bonchev–Trinajstić information content (AvgIpc) is 3.00. The SMILES string of the molecule is O=C(Nc1ccc(CCc2ccc(NC(=O)c3cccc(C(F)(F)F)c3)c(C(=O)O)c2)cc1C(=O)O)c1ccc(C(F)(F)F)cc1. The number of carboxylic acid groups (broad SMARTS) is 2. The standard InChI is InChI=1S/C32H22F6N2O6/c33-31(34,35)21-10-8-19(9-11-21)27(41)39-25-12-6-17(14-23(25)29(43)44)4-5-18-7-13-26(24(15-18)30(45)46)40-28(42)20-2-1-3-22(16-20)32(36,37)38/h1-3,6-16H,4-5H2,(H,39,41)(H,40,42)(H,43,44)(H,45,46). The number of amides is 2. The minimum absolute atomic E-state index is 0.102. The van der Waals surface area contributed by atoms with E-state index in [0.29, 0.717) is 17.2 Å². The Labute approximate surface area is 256 Å². The number of benzene rings is 4. The molecule has 0 bridgehead atoms. The lowest BCUT2D eigenvalue weighted by molar-refractivity contribution is -0.138. The Morgan fingerprint density at radius 2 is 1.00 bits per heavy atom. The van der Waals surface area contributed by atoms with Crippen LogP contribution in [0.4, 0.5) is 37.7 Å². The van der Waals surface area contributed by atoms with E-state index in [9.17, 15) is 55.7 Å². The molecule has 4 aromatic rings. The van der Waals surface area contributed by atoms with E-state index in [4.69, 9.17) is 0 Å². The highest BCUT2D eigenvalue weighted by Crippen LogP contribution is 2.31. The van der Waals surface area contributed by atoms with Crippen molar-refractivity contribution in [2.75, 3.05) is 10.6 Å². The van der Waals surface area contributed by atoms with Crippen LogP contribution in [-0.2, 0) is 25.2 Å². The van der Waals surface area contributed by atoms with Gasteiger partial charge in [-0.15, -0.1) is 0 Å². The molecule has 0 unspecified atom stereocenters. The van der Waals surface area contributed by atoms with E-state index in [1.54, 1.807) is 0 Å². The second-order valence-corrected chi connectivity index (χ2v) is 9.93. The van der Waals surface area contributed by atoms with Gasteiger partial charge >= 0.3 is 24.3 Å². The Hall–Kier alpha value is -5.66. The van der Waals surface area contributed by atoms with Crippen molar-refractivity contribution in [1.29, 1.82) is 0 Å². The topological polar surface area (TPSA) is 133 Å². The first kappa shape index (κ1) is 33.2. The highest BCUT2D eigenvalue weighted by atomic mass is 19.4. The Bertz CT molecular complexity index is 1820. The van der Waals surface area contributed by atoms with Crippen LogP contribution in [-0.4, -0.2) is 34.0 Å². The third-order valence-electron chi connectivity index (χ3n) is 6.75. The fraction of sp³-hybridized carbons (Fsp3) is 0.125. The minimum atomic E-state index is -4.68. The second-order valence-electron chi connectivity index (χ2n) is 9.93. The highest BCUT2D eigenvalue weighted by Gasteiger charge is 2.31. The fourth-order valence-electron chi connectivity index (χ4n) is 4.39. The molecule has 14 heteroatoms. The third kappa shape index (κ3) is 8.08. The van der Waals surface area contributed by atoms with E-state index in [-0.39, 0.29) is 46.5 Å². The number of alkyl halides is 6. The van der Waals surface area contributed by atoms with E-state index in [1.165, 1.54) is 36.4 Å². The summed E-state index contributed by atoms with van der Waals surface area (Å²) in [4.78, 5) is 49.0. The van der Waals surface area contributed by atoms with Crippen molar-refractivity contribution in [1.82, 2.24) is 0 Å². The van der Waals surface area contributed by atoms with Gasteiger partial charge in [0.05, 0.1) is 33.6 Å². The van der Waals surface area contributed by atoms with Crippen LogP contribution in [0.15, 0.2) is 84.9 Å². The molecule has 8 nitrogen and oxygen atoms in total. The predicted octanol–water partition coefficient (Wildman–Crippen LogP) is 7.41. The third-order valence-corrected chi connectivity index (χ3v) is 6.75. The molecule has 4 aromatic carbocycles. The van der Waals surface area contributed by atoms with Crippen LogP contribution in [0.2, 0.25) is 0 Å². The van der Waals surface area contributed by atoms with E-state index in [2.05, 4.69) is 10.6 Å². The number of halogens is 6. The van der Waals surface area contributed by atoms with Crippen LogP contribution in [0, 0.1) is 0 Å². The quantitative estimate of drug-likeness (QED) is 0.140. The Morgan fingerprint density at radius 3 is 1.43 bits per heavy atom. The number of aromatic carboxylic acids is 2. The van der Waals surface area contributed by atoms with Gasteiger partial charge in [0.25, 0.3) is 11.8 Å². The molecule has 0 aliphatic carbocycles. The van der Waals surface area contributed by atoms with E-state index >= 15 is 0 Å². The van der Waals surface area contributed by atoms with Gasteiger partial charge in [0, 0.05) is 11.1 Å². The average molecular weight is 645 g/mol. The number of rotatable bonds is 9. The molecular formula is C32H22F6N2O6. The van der Waals surface area contributed by atoms with Gasteiger partial charge < -0.3 is 20.8 Å². The van der Waals surface area contributed by atoms with Crippen molar-refractivity contribution in [3.8, 4) is 0 Å². The molecule has 0 radical (unpaired) electrons. The number of nitrogens with one attached hydrogen (secondary N) is 2. The highest BCUT2D eigenvalue weighted by molar-refractivity contribution is 6.08. The second kappa shape index (κ2) is 13.1. The van der Waals surface area contributed by atoms with Gasteiger partial charge in [-0.1, -0.05) is 18.2 Å². The molecular weight excluding hydrogens is 622 g/mol. The number of carbonyl (C=O) groups is 4. The number of aryl methyl sites for hydroxylation is 2. The Balaban J connectivity index is 1.47. The summed E-state index contributed by atoms with van der Waals surface area (Å²) in [6, 6.07) is 15.1. The Kier molecular flexibility index (Phi) is 9.49. The number of anilines is 2. The largest absolute Gasteiger partial charge is 0.478 e. The zero-order chi connectivity index (χ0) is 33.8. The van der Waals surface area contributed by atoms with Crippen molar-refractivity contribution >= 4 is 35.1 Å². The summed E-state index contributed by atoms with van der Waals surface area (Å²) in [5, 5.41) is 24.1. The summed E-state index contributed by atoms with van der Waals surface area (Å²) < 4.78 is 77.5. The zero-order valence-corrected chi connectivity index (χ0v) is 23.3. The Morgan fingerprint density at radius 1 is 0.543 bits per heavy atom. The van der Waals surface area contributed by atoms with Crippen LogP contribution in [0.25, 0.3) is 0 Å². The van der Waals surface area contributed by atoms with Crippen LogP contribution in [0.5, 0.6) is 0 Å². The molecule has 0 saturated heterocycles. The number of hydrogen-bond donors (Lipinski definition) is 4. The molecule has 4 N–H and O–H groups in total. The molecule has 4 rings (SSSR count). The minimum Gasteiger partial charge on any atom is -0.478 e. The molecule has 0 saturated carbocycles. The lowest BCUT2D eigenvalue weighted by atomic mass is 9.99. The van der Waals surface area contributed by atoms with Gasteiger partial charge in [0.15, 0.2) is 0 Å². The van der Waals surface area contributed by atoms with Crippen LogP contribution in [0.1, 0.15) is 63.7 Å². The first-order chi connectivity index (χ1) is 21.5. The van der Waals surface area contributed by atoms with Crippen LogP contribution in [0.3, 0.4) is 0 Å². The maximum Gasteiger partial charge on any atom is 0.416 e. The zero-order valence-electron chi connectivity index (χ0n) is 23.3. The number of hydrogen-bond acceptors (Lipinski definition) is 4. The van der Waals surface area contributed by atoms with Crippen molar-refractivity contribution in [3.05, 3.63) is 129 Å². The van der Waals surface area contributed by atoms with E-state index in [1.807, 2.05) is 0 Å². The number of carbonyl (C=O) groups excluding carboxylic acids is 2. The molecule has 0 heterocycles. The summed E-state index contributed by atoms with van der Waals surface area (Å²) >= 11 is 0. The van der Waals surface area contributed by atoms with Crippen molar-refractivity contribution in [3.63, 3.8) is 0 Å². The monoisotopic (exact) mass is 644 g/mol. The first-order valence-corrected chi connectivity index (χ1v) is 13.2. The van der Waals surface area contributed by atoms with Gasteiger partial charge in [-0.05, 0) is 90.7 Å². The molecule has 0 aliphatic rings. The summed E-state index contributed by atoms with van der Waals surface area (Å²) in [7, 11) is 0. The van der Waals surface area contributed by atoms with Crippen molar-refractivity contribution in [2.24, 2.45) is 0 Å². The summed E-state index contributed by atoms with van der Waals surface area (Å²) in [5.41, 5.74) is -2.37. The molecule has 0 aromatic heterocycles. The van der Waals surface area contributed by atoms with E-state index < -0.39 is 47.2 Å². The lowest BCUT2D eigenvalue weighted by Gasteiger charge is -2.13. The van der Waals surface area contributed by atoms with Gasteiger partial charge in [-0.2, -0.15) is 26.3 Å².